The molecule has 0 aromatic carbocycles. The van der Waals surface area contributed by atoms with Crippen molar-refractivity contribution in [1.82, 2.24) is 15.5 Å². The summed E-state index contributed by atoms with van der Waals surface area (Å²) in [7, 11) is 0. The Morgan fingerprint density at radius 3 is 3.15 bits per heavy atom. The average molecular weight is 281 g/mol. The number of piperidine rings is 1. The number of likely N-dealkylation sites (tertiary alicyclic amines) is 1. The maximum absolute atomic E-state index is 12.8. The molecule has 0 saturated carbocycles. The maximum Gasteiger partial charge on any atom is 0.230 e. The van der Waals surface area contributed by atoms with Crippen LogP contribution in [0.25, 0.3) is 0 Å². The van der Waals surface area contributed by atoms with Crippen LogP contribution in [0, 0.1) is 11.8 Å². The average Bonchev–Trinajstić information content (AvgIpc) is 3.06. The monoisotopic (exact) mass is 281 g/mol. The van der Waals surface area contributed by atoms with Gasteiger partial charge in [0.15, 0.2) is 0 Å². The van der Waals surface area contributed by atoms with Crippen LogP contribution in [0.3, 0.4) is 0 Å². The zero-order chi connectivity index (χ0) is 14.1. The molecule has 4 unspecified atom stereocenters. The molecule has 3 heterocycles. The zero-order valence-corrected chi connectivity index (χ0v) is 11.9. The first-order valence-electron chi connectivity index (χ1n) is 7.61. The van der Waals surface area contributed by atoms with Crippen LogP contribution in [0.15, 0.2) is 0 Å². The smallest absolute Gasteiger partial charge is 0.230 e. The molecule has 0 bridgehead atoms. The van der Waals surface area contributed by atoms with E-state index >= 15 is 0 Å². The van der Waals surface area contributed by atoms with E-state index in [4.69, 9.17) is 4.74 Å². The molecule has 0 aromatic heterocycles. The lowest BCUT2D eigenvalue weighted by atomic mass is 9.89. The number of fused-ring (bicyclic) bond motifs is 1. The third-order valence-corrected chi connectivity index (χ3v) is 4.75. The van der Waals surface area contributed by atoms with Crippen LogP contribution in [0.4, 0.5) is 0 Å². The van der Waals surface area contributed by atoms with E-state index in [1.165, 1.54) is 0 Å². The molecule has 0 aromatic rings. The summed E-state index contributed by atoms with van der Waals surface area (Å²) in [5, 5.41) is 6.22. The highest BCUT2D eigenvalue weighted by Gasteiger charge is 2.45. The van der Waals surface area contributed by atoms with Gasteiger partial charge in [-0.3, -0.25) is 9.59 Å². The summed E-state index contributed by atoms with van der Waals surface area (Å²) in [6.07, 6.45) is 1.82. The molecule has 3 saturated heterocycles. The fraction of sp³-hybridized carbons (Fsp3) is 0.857. The van der Waals surface area contributed by atoms with Crippen LogP contribution in [0.2, 0.25) is 0 Å². The molecule has 0 radical (unpaired) electrons. The molecule has 2 amide bonds. The topological polar surface area (TPSA) is 70.7 Å². The van der Waals surface area contributed by atoms with E-state index in [-0.39, 0.29) is 35.7 Å². The number of amides is 2. The van der Waals surface area contributed by atoms with Crippen molar-refractivity contribution < 1.29 is 14.3 Å². The minimum absolute atomic E-state index is 0.00685. The van der Waals surface area contributed by atoms with E-state index in [0.29, 0.717) is 19.8 Å². The highest BCUT2D eigenvalue weighted by Crippen LogP contribution is 2.29. The van der Waals surface area contributed by atoms with Gasteiger partial charge >= 0.3 is 0 Å². The summed E-state index contributed by atoms with van der Waals surface area (Å²) in [5.41, 5.74) is 0. The number of nitrogens with zero attached hydrogens (tertiary/aromatic N) is 1. The molecule has 4 atom stereocenters. The van der Waals surface area contributed by atoms with Crippen molar-refractivity contribution in [2.75, 3.05) is 32.8 Å². The second-order valence-corrected chi connectivity index (χ2v) is 5.90. The Morgan fingerprint density at radius 1 is 1.50 bits per heavy atom. The lowest BCUT2D eigenvalue weighted by molar-refractivity contribution is -0.141. The molecule has 3 fully saturated rings. The lowest BCUT2D eigenvalue weighted by Gasteiger charge is -2.38. The molecular weight excluding hydrogens is 258 g/mol. The molecule has 20 heavy (non-hydrogen) atoms. The van der Waals surface area contributed by atoms with Crippen molar-refractivity contribution in [2.45, 2.75) is 31.8 Å². The quantitative estimate of drug-likeness (QED) is 0.721. The van der Waals surface area contributed by atoms with Crippen LogP contribution in [0.5, 0.6) is 0 Å². The van der Waals surface area contributed by atoms with Crippen molar-refractivity contribution in [1.29, 1.82) is 0 Å². The number of hydrogen-bond acceptors (Lipinski definition) is 4. The van der Waals surface area contributed by atoms with Crippen molar-refractivity contribution in [3.05, 3.63) is 0 Å². The van der Waals surface area contributed by atoms with Gasteiger partial charge in [-0.15, -0.1) is 0 Å². The number of hydrogen-bond donors (Lipinski definition) is 2. The second-order valence-electron chi connectivity index (χ2n) is 5.90. The van der Waals surface area contributed by atoms with E-state index in [2.05, 4.69) is 10.6 Å². The standard InChI is InChI=1S/C14H23N3O3/c1-2-15-11-8-20-7-10(11)14(19)17-5-3-4-9-12(17)6-16-13(9)18/h9-12,15H,2-8H2,1H3,(H,16,18). The summed E-state index contributed by atoms with van der Waals surface area (Å²) < 4.78 is 5.47. The molecule has 2 N–H and O–H groups in total. The molecule has 3 rings (SSSR count). The molecule has 3 aliphatic rings. The second kappa shape index (κ2) is 5.69. The van der Waals surface area contributed by atoms with Crippen LogP contribution >= 0.6 is 0 Å². The molecule has 0 aliphatic carbocycles. The number of nitrogens with one attached hydrogen (secondary N) is 2. The molecule has 112 valence electrons. The molecule has 6 heteroatoms. The number of carbonyl (C=O) groups is 2. The number of carbonyl (C=O) groups excluding carboxylic acids is 2. The predicted octanol–water partition coefficient (Wildman–Crippen LogP) is -0.652. The van der Waals surface area contributed by atoms with Crippen molar-refractivity contribution in [3.63, 3.8) is 0 Å². The zero-order valence-electron chi connectivity index (χ0n) is 11.9. The minimum atomic E-state index is -0.107. The first-order valence-corrected chi connectivity index (χ1v) is 7.61. The van der Waals surface area contributed by atoms with E-state index < -0.39 is 0 Å². The van der Waals surface area contributed by atoms with Gasteiger partial charge < -0.3 is 20.3 Å². The largest absolute Gasteiger partial charge is 0.379 e. The van der Waals surface area contributed by atoms with E-state index in [1.807, 2.05) is 11.8 Å². The van der Waals surface area contributed by atoms with Gasteiger partial charge in [0, 0.05) is 19.1 Å². The Hall–Kier alpha value is -1.14. The minimum Gasteiger partial charge on any atom is -0.379 e. The normalized spacial score (nSPS) is 36.9. The van der Waals surface area contributed by atoms with E-state index in [1.54, 1.807) is 0 Å². The van der Waals surface area contributed by atoms with Crippen LogP contribution in [-0.2, 0) is 14.3 Å². The fourth-order valence-electron chi connectivity index (χ4n) is 3.70. The number of rotatable bonds is 3. The van der Waals surface area contributed by atoms with Crippen molar-refractivity contribution in [3.8, 4) is 0 Å². The summed E-state index contributed by atoms with van der Waals surface area (Å²) in [6.45, 7) is 5.34. The van der Waals surface area contributed by atoms with Gasteiger partial charge in [0.1, 0.15) is 0 Å². The Bertz CT molecular complexity index is 401. The third kappa shape index (κ3) is 2.31. The summed E-state index contributed by atoms with van der Waals surface area (Å²) in [5.74, 6) is 0.148. The summed E-state index contributed by atoms with van der Waals surface area (Å²) >= 11 is 0. The van der Waals surface area contributed by atoms with Gasteiger partial charge in [-0.1, -0.05) is 6.92 Å². The van der Waals surface area contributed by atoms with Gasteiger partial charge in [-0.05, 0) is 19.4 Å². The van der Waals surface area contributed by atoms with E-state index in [0.717, 1.165) is 25.9 Å². The maximum atomic E-state index is 12.8. The van der Waals surface area contributed by atoms with Gasteiger partial charge in [0.2, 0.25) is 11.8 Å². The SMILES string of the molecule is CCNC1COCC1C(=O)N1CCCC2C(=O)NCC21. The molecular formula is C14H23N3O3. The predicted molar refractivity (Wildman–Crippen MR) is 73.0 cm³/mol. The summed E-state index contributed by atoms with van der Waals surface area (Å²) in [4.78, 5) is 26.5. The van der Waals surface area contributed by atoms with Crippen LogP contribution < -0.4 is 10.6 Å². The first-order chi connectivity index (χ1) is 9.72. The Balaban J connectivity index is 1.71. The third-order valence-electron chi connectivity index (χ3n) is 4.75. The van der Waals surface area contributed by atoms with Gasteiger partial charge in [0.25, 0.3) is 0 Å². The van der Waals surface area contributed by atoms with Crippen molar-refractivity contribution in [2.24, 2.45) is 11.8 Å². The van der Waals surface area contributed by atoms with Gasteiger partial charge in [-0.25, -0.2) is 0 Å². The Labute approximate surface area is 119 Å². The first kappa shape index (κ1) is 13.8. The molecule has 6 nitrogen and oxygen atoms in total. The van der Waals surface area contributed by atoms with Gasteiger partial charge in [0.05, 0.1) is 31.1 Å². The van der Waals surface area contributed by atoms with Crippen LogP contribution in [0.1, 0.15) is 19.8 Å². The van der Waals surface area contributed by atoms with Crippen molar-refractivity contribution >= 4 is 11.8 Å². The lowest BCUT2D eigenvalue weighted by Crippen LogP contribution is -2.53. The molecule has 3 aliphatic heterocycles. The van der Waals surface area contributed by atoms with Crippen LogP contribution in [-0.4, -0.2) is 61.6 Å². The Morgan fingerprint density at radius 2 is 2.35 bits per heavy atom. The fourth-order valence-corrected chi connectivity index (χ4v) is 3.70. The molecule has 0 spiro atoms. The summed E-state index contributed by atoms with van der Waals surface area (Å²) in [6, 6.07) is 0.157. The van der Waals surface area contributed by atoms with Gasteiger partial charge in [-0.2, -0.15) is 0 Å². The highest BCUT2D eigenvalue weighted by atomic mass is 16.5. The number of ether oxygens (including phenoxy) is 1. The Kier molecular flexibility index (Phi) is 3.94. The number of likely N-dealkylation sites (N-methyl/N-ethyl adjacent to an activating group) is 1. The highest BCUT2D eigenvalue weighted by molar-refractivity contribution is 5.85. The van der Waals surface area contributed by atoms with E-state index in [9.17, 15) is 9.59 Å².